The molecule has 1 fully saturated rings. The molecule has 2 N–H and O–H groups in total. The molecular formula is C15H18F3NO. The van der Waals surface area contributed by atoms with Crippen molar-refractivity contribution in [3.63, 3.8) is 0 Å². The van der Waals surface area contributed by atoms with E-state index >= 15 is 0 Å². The first-order chi connectivity index (χ1) is 9.16. The fraction of sp³-hybridized carbons (Fsp3) is 0.533. The molecule has 2 rings (SSSR count). The minimum absolute atomic E-state index is 0.145. The molecule has 1 aliphatic carbocycles. The average Bonchev–Trinajstić information content (AvgIpc) is 2.69. The van der Waals surface area contributed by atoms with Gasteiger partial charge in [0.2, 0.25) is 0 Å². The SMILES string of the molecule is Cc1cc(C(F)(F)F)ccc1C(=O)C1(C)CCCC1N. The van der Waals surface area contributed by atoms with E-state index in [0.717, 1.165) is 25.0 Å². The van der Waals surface area contributed by atoms with Crippen molar-refractivity contribution in [3.05, 3.63) is 34.9 Å². The summed E-state index contributed by atoms with van der Waals surface area (Å²) in [7, 11) is 0. The van der Waals surface area contributed by atoms with Crippen LogP contribution in [-0.4, -0.2) is 11.8 Å². The molecule has 20 heavy (non-hydrogen) atoms. The third-order valence-electron chi connectivity index (χ3n) is 4.35. The molecule has 0 saturated heterocycles. The fourth-order valence-corrected chi connectivity index (χ4v) is 2.88. The molecule has 0 spiro atoms. The monoisotopic (exact) mass is 285 g/mol. The summed E-state index contributed by atoms with van der Waals surface area (Å²) in [5, 5.41) is 0. The predicted octanol–water partition coefficient (Wildman–Crippen LogP) is 3.71. The minimum Gasteiger partial charge on any atom is -0.327 e. The second-order valence-corrected chi connectivity index (χ2v) is 5.77. The van der Waals surface area contributed by atoms with Crippen molar-refractivity contribution >= 4 is 5.78 Å². The molecule has 0 bridgehead atoms. The number of rotatable bonds is 2. The molecule has 0 radical (unpaired) electrons. The highest BCUT2D eigenvalue weighted by Crippen LogP contribution is 2.40. The van der Waals surface area contributed by atoms with Gasteiger partial charge in [-0.3, -0.25) is 4.79 Å². The molecule has 0 amide bonds. The molecule has 1 saturated carbocycles. The van der Waals surface area contributed by atoms with Gasteiger partial charge in [-0.05, 0) is 37.5 Å². The van der Waals surface area contributed by atoms with Crippen LogP contribution in [0.2, 0.25) is 0 Å². The van der Waals surface area contributed by atoms with Crippen LogP contribution in [0, 0.1) is 12.3 Å². The number of hydrogen-bond donors (Lipinski definition) is 1. The molecule has 2 nitrogen and oxygen atoms in total. The summed E-state index contributed by atoms with van der Waals surface area (Å²) in [6.45, 7) is 3.34. The molecule has 110 valence electrons. The first-order valence-corrected chi connectivity index (χ1v) is 6.64. The number of hydrogen-bond acceptors (Lipinski definition) is 2. The van der Waals surface area contributed by atoms with E-state index in [4.69, 9.17) is 5.73 Å². The summed E-state index contributed by atoms with van der Waals surface area (Å²) in [5.74, 6) is -0.145. The van der Waals surface area contributed by atoms with E-state index in [0.29, 0.717) is 17.5 Å². The van der Waals surface area contributed by atoms with Crippen LogP contribution in [0.25, 0.3) is 0 Å². The van der Waals surface area contributed by atoms with Gasteiger partial charge in [0.05, 0.1) is 5.56 Å². The number of nitrogens with two attached hydrogens (primary N) is 1. The van der Waals surface area contributed by atoms with Gasteiger partial charge in [0, 0.05) is 17.0 Å². The predicted molar refractivity (Wildman–Crippen MR) is 70.4 cm³/mol. The highest BCUT2D eigenvalue weighted by Gasteiger charge is 2.43. The van der Waals surface area contributed by atoms with Crippen molar-refractivity contribution in [2.75, 3.05) is 0 Å². The molecule has 1 aromatic rings. The van der Waals surface area contributed by atoms with E-state index in [1.165, 1.54) is 13.0 Å². The Labute approximate surface area is 116 Å². The summed E-state index contributed by atoms with van der Waals surface area (Å²) in [5.41, 5.74) is 5.31. The lowest BCUT2D eigenvalue weighted by atomic mass is 9.77. The Morgan fingerprint density at radius 1 is 1.40 bits per heavy atom. The van der Waals surface area contributed by atoms with Gasteiger partial charge in [-0.25, -0.2) is 0 Å². The van der Waals surface area contributed by atoms with E-state index in [1.54, 1.807) is 0 Å². The zero-order valence-corrected chi connectivity index (χ0v) is 11.6. The van der Waals surface area contributed by atoms with Crippen molar-refractivity contribution in [2.45, 2.75) is 45.3 Å². The van der Waals surface area contributed by atoms with Crippen LogP contribution >= 0.6 is 0 Å². The third-order valence-corrected chi connectivity index (χ3v) is 4.35. The summed E-state index contributed by atoms with van der Waals surface area (Å²) >= 11 is 0. The highest BCUT2D eigenvalue weighted by molar-refractivity contribution is 6.02. The number of ketones is 1. The van der Waals surface area contributed by atoms with E-state index < -0.39 is 17.2 Å². The van der Waals surface area contributed by atoms with Gasteiger partial charge in [-0.1, -0.05) is 19.4 Å². The summed E-state index contributed by atoms with van der Waals surface area (Å²) < 4.78 is 37.9. The quantitative estimate of drug-likeness (QED) is 0.842. The van der Waals surface area contributed by atoms with Crippen LogP contribution in [-0.2, 0) is 6.18 Å². The first-order valence-electron chi connectivity index (χ1n) is 6.64. The van der Waals surface area contributed by atoms with Crippen LogP contribution in [0.4, 0.5) is 13.2 Å². The number of aryl methyl sites for hydroxylation is 1. The number of carbonyl (C=O) groups excluding carboxylic acids is 1. The molecule has 0 aromatic heterocycles. The molecular weight excluding hydrogens is 267 g/mol. The Bertz CT molecular complexity index is 538. The average molecular weight is 285 g/mol. The molecule has 1 aromatic carbocycles. The largest absolute Gasteiger partial charge is 0.416 e. The maximum absolute atomic E-state index is 12.6. The van der Waals surface area contributed by atoms with E-state index in [-0.39, 0.29) is 11.8 Å². The highest BCUT2D eigenvalue weighted by atomic mass is 19.4. The van der Waals surface area contributed by atoms with Crippen LogP contribution < -0.4 is 5.73 Å². The topological polar surface area (TPSA) is 43.1 Å². The van der Waals surface area contributed by atoms with E-state index in [9.17, 15) is 18.0 Å². The van der Waals surface area contributed by atoms with Gasteiger partial charge >= 0.3 is 6.18 Å². The Hall–Kier alpha value is -1.36. The molecule has 5 heteroatoms. The molecule has 0 aliphatic heterocycles. The Morgan fingerprint density at radius 3 is 2.50 bits per heavy atom. The van der Waals surface area contributed by atoms with Crippen molar-refractivity contribution in [2.24, 2.45) is 11.1 Å². The molecule has 2 atom stereocenters. The summed E-state index contributed by atoms with van der Waals surface area (Å²) in [4.78, 5) is 12.6. The third kappa shape index (κ3) is 2.46. The van der Waals surface area contributed by atoms with Gasteiger partial charge in [0.1, 0.15) is 0 Å². The molecule has 0 heterocycles. The second-order valence-electron chi connectivity index (χ2n) is 5.77. The smallest absolute Gasteiger partial charge is 0.327 e. The Kier molecular flexibility index (Phi) is 3.67. The summed E-state index contributed by atoms with van der Waals surface area (Å²) in [6.07, 6.45) is -2.04. The maximum atomic E-state index is 12.6. The number of benzene rings is 1. The first kappa shape index (κ1) is 15.0. The van der Waals surface area contributed by atoms with Crippen LogP contribution in [0.1, 0.15) is 47.7 Å². The zero-order valence-electron chi connectivity index (χ0n) is 11.6. The maximum Gasteiger partial charge on any atom is 0.416 e. The van der Waals surface area contributed by atoms with E-state index in [1.807, 2.05) is 6.92 Å². The van der Waals surface area contributed by atoms with Gasteiger partial charge in [-0.15, -0.1) is 0 Å². The van der Waals surface area contributed by atoms with Crippen LogP contribution in [0.15, 0.2) is 18.2 Å². The van der Waals surface area contributed by atoms with Gasteiger partial charge in [0.25, 0.3) is 0 Å². The number of Topliss-reactive ketones (excluding diaryl/α,β-unsaturated/α-hetero) is 1. The van der Waals surface area contributed by atoms with Crippen molar-refractivity contribution in [3.8, 4) is 0 Å². The van der Waals surface area contributed by atoms with Gasteiger partial charge in [-0.2, -0.15) is 13.2 Å². The lowest BCUT2D eigenvalue weighted by Crippen LogP contribution is -2.41. The fourth-order valence-electron chi connectivity index (χ4n) is 2.88. The van der Waals surface area contributed by atoms with E-state index in [2.05, 4.69) is 0 Å². The van der Waals surface area contributed by atoms with Gasteiger partial charge in [0.15, 0.2) is 5.78 Å². The minimum atomic E-state index is -4.39. The summed E-state index contributed by atoms with van der Waals surface area (Å²) in [6, 6.07) is 3.04. The second kappa shape index (κ2) is 4.88. The molecule has 2 unspecified atom stereocenters. The lowest BCUT2D eigenvalue weighted by molar-refractivity contribution is -0.137. The zero-order chi connectivity index (χ0) is 15.1. The van der Waals surface area contributed by atoms with Crippen LogP contribution in [0.3, 0.4) is 0 Å². The standard InChI is InChI=1S/C15H18F3NO/c1-9-8-10(15(16,17)18)5-6-11(9)13(20)14(2)7-3-4-12(14)19/h5-6,8,12H,3-4,7,19H2,1-2H3. The number of carbonyl (C=O) groups is 1. The van der Waals surface area contributed by atoms with Crippen molar-refractivity contribution < 1.29 is 18.0 Å². The van der Waals surface area contributed by atoms with Gasteiger partial charge < -0.3 is 5.73 Å². The Morgan fingerprint density at radius 2 is 2.05 bits per heavy atom. The van der Waals surface area contributed by atoms with Crippen molar-refractivity contribution in [1.29, 1.82) is 0 Å². The lowest BCUT2D eigenvalue weighted by Gasteiger charge is -2.28. The molecule has 1 aliphatic rings. The number of halogens is 3. The van der Waals surface area contributed by atoms with Crippen LogP contribution in [0.5, 0.6) is 0 Å². The number of alkyl halides is 3. The van der Waals surface area contributed by atoms with Crippen molar-refractivity contribution in [1.82, 2.24) is 0 Å². The Balaban J connectivity index is 2.37. The normalized spacial score (nSPS) is 26.8.